The van der Waals surface area contributed by atoms with Crippen molar-refractivity contribution in [1.82, 2.24) is 24.5 Å². The zero-order valence-electron chi connectivity index (χ0n) is 10.3. The Labute approximate surface area is 100 Å². The van der Waals surface area contributed by atoms with Crippen molar-refractivity contribution in [3.8, 4) is 0 Å². The van der Waals surface area contributed by atoms with E-state index in [1.807, 2.05) is 38.2 Å². The Hall–Kier alpha value is -2.17. The molecule has 0 aliphatic heterocycles. The first-order chi connectivity index (χ1) is 8.13. The van der Waals surface area contributed by atoms with E-state index >= 15 is 0 Å². The summed E-state index contributed by atoms with van der Waals surface area (Å²) >= 11 is 0. The molecule has 0 atom stereocenters. The van der Waals surface area contributed by atoms with E-state index in [2.05, 4.69) is 21.6 Å². The van der Waals surface area contributed by atoms with Crippen molar-refractivity contribution in [3.63, 3.8) is 0 Å². The SMILES string of the molecule is C=C/C(=C(/C)N(C)C)c1cnc2ncnn2c1. The Kier molecular flexibility index (Phi) is 2.91. The van der Waals surface area contributed by atoms with E-state index in [4.69, 9.17) is 0 Å². The first-order valence-electron chi connectivity index (χ1n) is 5.30. The Bertz CT molecular complexity index is 579. The van der Waals surface area contributed by atoms with E-state index < -0.39 is 0 Å². The second kappa shape index (κ2) is 4.37. The summed E-state index contributed by atoms with van der Waals surface area (Å²) in [6, 6.07) is 0. The lowest BCUT2D eigenvalue weighted by Crippen LogP contribution is -2.10. The summed E-state index contributed by atoms with van der Waals surface area (Å²) in [5.41, 5.74) is 3.14. The van der Waals surface area contributed by atoms with Gasteiger partial charge in [0.05, 0.1) is 0 Å². The van der Waals surface area contributed by atoms with Gasteiger partial charge in [0.15, 0.2) is 0 Å². The lowest BCUT2D eigenvalue weighted by atomic mass is 10.1. The number of hydrogen-bond donors (Lipinski definition) is 0. The van der Waals surface area contributed by atoms with Crippen LogP contribution in [-0.2, 0) is 0 Å². The normalized spacial score (nSPS) is 12.4. The molecule has 17 heavy (non-hydrogen) atoms. The summed E-state index contributed by atoms with van der Waals surface area (Å²) < 4.78 is 1.65. The highest BCUT2D eigenvalue weighted by molar-refractivity contribution is 5.75. The van der Waals surface area contributed by atoms with Crippen molar-refractivity contribution in [3.05, 3.63) is 42.6 Å². The lowest BCUT2D eigenvalue weighted by Gasteiger charge is -2.16. The molecule has 0 amide bonds. The lowest BCUT2D eigenvalue weighted by molar-refractivity contribution is 0.516. The van der Waals surface area contributed by atoms with Gasteiger partial charge in [-0.1, -0.05) is 12.7 Å². The third-order valence-electron chi connectivity index (χ3n) is 2.71. The van der Waals surface area contributed by atoms with E-state index in [0.717, 1.165) is 16.8 Å². The number of aromatic nitrogens is 4. The van der Waals surface area contributed by atoms with Gasteiger partial charge in [-0.25, -0.2) is 9.50 Å². The van der Waals surface area contributed by atoms with E-state index in [1.165, 1.54) is 6.33 Å². The van der Waals surface area contributed by atoms with Gasteiger partial charge in [0.2, 0.25) is 0 Å². The highest BCUT2D eigenvalue weighted by atomic mass is 15.3. The number of nitrogens with zero attached hydrogens (tertiary/aromatic N) is 5. The van der Waals surface area contributed by atoms with Gasteiger partial charge in [-0.2, -0.15) is 10.1 Å². The predicted molar refractivity (Wildman–Crippen MR) is 67.3 cm³/mol. The summed E-state index contributed by atoms with van der Waals surface area (Å²) in [4.78, 5) is 10.3. The van der Waals surface area contributed by atoms with Crippen LogP contribution in [0.1, 0.15) is 12.5 Å². The van der Waals surface area contributed by atoms with Crippen molar-refractivity contribution >= 4 is 11.4 Å². The zero-order chi connectivity index (χ0) is 12.4. The average Bonchev–Trinajstić information content (AvgIpc) is 2.77. The number of rotatable bonds is 3. The van der Waals surface area contributed by atoms with Crippen molar-refractivity contribution in [2.24, 2.45) is 0 Å². The second-order valence-corrected chi connectivity index (χ2v) is 3.94. The molecule has 0 spiro atoms. The molecule has 2 rings (SSSR count). The number of allylic oxidation sites excluding steroid dienone is 3. The van der Waals surface area contributed by atoms with E-state index in [0.29, 0.717) is 5.78 Å². The predicted octanol–water partition coefficient (Wildman–Crippen LogP) is 1.60. The molecule has 0 aliphatic carbocycles. The third-order valence-corrected chi connectivity index (χ3v) is 2.71. The van der Waals surface area contributed by atoms with E-state index in [1.54, 1.807) is 10.7 Å². The summed E-state index contributed by atoms with van der Waals surface area (Å²) in [5.74, 6) is 0.597. The van der Waals surface area contributed by atoms with Crippen LogP contribution in [0.25, 0.3) is 11.4 Å². The molecule has 0 saturated heterocycles. The van der Waals surface area contributed by atoms with Crippen LogP contribution in [-0.4, -0.2) is 38.6 Å². The van der Waals surface area contributed by atoms with Gasteiger partial charge < -0.3 is 4.90 Å². The Morgan fingerprint density at radius 2 is 2.18 bits per heavy atom. The minimum atomic E-state index is 0.597. The Morgan fingerprint density at radius 1 is 1.41 bits per heavy atom. The molecule has 88 valence electrons. The molecule has 2 aromatic rings. The van der Waals surface area contributed by atoms with Gasteiger partial charge in [0, 0.05) is 43.3 Å². The van der Waals surface area contributed by atoms with Crippen molar-refractivity contribution in [1.29, 1.82) is 0 Å². The molecule has 0 bridgehead atoms. The van der Waals surface area contributed by atoms with E-state index in [9.17, 15) is 0 Å². The maximum absolute atomic E-state index is 4.24. The fourth-order valence-corrected chi connectivity index (χ4v) is 1.57. The molecule has 0 fully saturated rings. The van der Waals surface area contributed by atoms with Gasteiger partial charge in [-0.15, -0.1) is 0 Å². The maximum Gasteiger partial charge on any atom is 0.252 e. The van der Waals surface area contributed by atoms with Gasteiger partial charge in [0.1, 0.15) is 6.33 Å². The summed E-state index contributed by atoms with van der Waals surface area (Å²) in [6.07, 6.45) is 7.00. The molecule has 0 unspecified atom stereocenters. The highest BCUT2D eigenvalue weighted by Crippen LogP contribution is 2.20. The molecule has 0 radical (unpaired) electrons. The number of fused-ring (bicyclic) bond motifs is 1. The molecule has 0 N–H and O–H groups in total. The van der Waals surface area contributed by atoms with Crippen LogP contribution in [0.15, 0.2) is 37.1 Å². The summed E-state index contributed by atoms with van der Waals surface area (Å²) in [7, 11) is 4.00. The largest absolute Gasteiger partial charge is 0.381 e. The van der Waals surface area contributed by atoms with Crippen LogP contribution in [0.4, 0.5) is 0 Å². The van der Waals surface area contributed by atoms with Crippen LogP contribution in [0.3, 0.4) is 0 Å². The van der Waals surface area contributed by atoms with E-state index in [-0.39, 0.29) is 0 Å². The van der Waals surface area contributed by atoms with Crippen molar-refractivity contribution in [2.45, 2.75) is 6.92 Å². The van der Waals surface area contributed by atoms with Crippen LogP contribution < -0.4 is 0 Å². The number of hydrogen-bond acceptors (Lipinski definition) is 4. The molecular formula is C12H15N5. The monoisotopic (exact) mass is 229 g/mol. The first kappa shape index (κ1) is 11.3. The smallest absolute Gasteiger partial charge is 0.252 e. The fourth-order valence-electron chi connectivity index (χ4n) is 1.57. The Balaban J connectivity index is 2.57. The molecular weight excluding hydrogens is 214 g/mol. The minimum absolute atomic E-state index is 0.597. The molecule has 2 heterocycles. The fraction of sp³-hybridized carbons (Fsp3) is 0.250. The van der Waals surface area contributed by atoms with Crippen LogP contribution >= 0.6 is 0 Å². The van der Waals surface area contributed by atoms with Gasteiger partial charge in [-0.3, -0.25) is 0 Å². The minimum Gasteiger partial charge on any atom is -0.381 e. The van der Waals surface area contributed by atoms with Crippen molar-refractivity contribution in [2.75, 3.05) is 14.1 Å². The second-order valence-electron chi connectivity index (χ2n) is 3.94. The van der Waals surface area contributed by atoms with Gasteiger partial charge >= 0.3 is 0 Å². The molecule has 0 saturated carbocycles. The average molecular weight is 229 g/mol. The molecule has 5 nitrogen and oxygen atoms in total. The maximum atomic E-state index is 4.24. The topological polar surface area (TPSA) is 46.3 Å². The quantitative estimate of drug-likeness (QED) is 0.750. The molecule has 2 aromatic heterocycles. The van der Waals surface area contributed by atoms with Crippen LogP contribution in [0.5, 0.6) is 0 Å². The summed E-state index contributed by atoms with van der Waals surface area (Å²) in [6.45, 7) is 5.90. The summed E-state index contributed by atoms with van der Waals surface area (Å²) in [5, 5.41) is 4.07. The highest BCUT2D eigenvalue weighted by Gasteiger charge is 2.06. The van der Waals surface area contributed by atoms with Crippen LogP contribution in [0, 0.1) is 0 Å². The molecule has 5 heteroatoms. The zero-order valence-corrected chi connectivity index (χ0v) is 10.3. The molecule has 0 aromatic carbocycles. The first-order valence-corrected chi connectivity index (χ1v) is 5.30. The van der Waals surface area contributed by atoms with Gasteiger partial charge in [-0.05, 0) is 6.92 Å². The van der Waals surface area contributed by atoms with Gasteiger partial charge in [0.25, 0.3) is 5.78 Å². The van der Waals surface area contributed by atoms with Crippen LogP contribution in [0.2, 0.25) is 0 Å². The third kappa shape index (κ3) is 2.04. The Morgan fingerprint density at radius 3 is 2.82 bits per heavy atom. The van der Waals surface area contributed by atoms with Crippen molar-refractivity contribution < 1.29 is 0 Å². The standard InChI is InChI=1S/C12H15N5/c1-5-11(9(2)16(3)4)10-6-13-12-14-8-15-17(12)7-10/h5-8H,1H2,2-4H3/b11-9+. The molecule has 0 aliphatic rings.